The van der Waals surface area contributed by atoms with Crippen LogP contribution in [0.5, 0.6) is 0 Å². The van der Waals surface area contributed by atoms with Crippen LogP contribution in [0.3, 0.4) is 0 Å². The third-order valence-electron chi connectivity index (χ3n) is 3.59. The van der Waals surface area contributed by atoms with Crippen LogP contribution in [-0.2, 0) is 10.9 Å². The standard InChI is InChI=1S/C16H22F3N3O2/c1-15(2,3)24-14(23)22-8-6-12(7-9-22)21-13-5-4-11(10-20-13)16(17,18)19/h4-5,10,12H,6-9H2,1-3H3,(H,20,21). The number of rotatable bonds is 2. The van der Waals surface area contributed by atoms with Gasteiger partial charge < -0.3 is 15.0 Å². The van der Waals surface area contributed by atoms with Crippen molar-refractivity contribution in [2.75, 3.05) is 18.4 Å². The molecule has 1 aliphatic heterocycles. The Kier molecular flexibility index (Phi) is 5.25. The largest absolute Gasteiger partial charge is 0.444 e. The fourth-order valence-corrected chi connectivity index (χ4v) is 2.39. The Balaban J connectivity index is 1.84. The summed E-state index contributed by atoms with van der Waals surface area (Å²) < 4.78 is 42.8. The highest BCUT2D eigenvalue weighted by molar-refractivity contribution is 5.68. The summed E-state index contributed by atoms with van der Waals surface area (Å²) in [5.41, 5.74) is -1.30. The van der Waals surface area contributed by atoms with Gasteiger partial charge in [-0.3, -0.25) is 0 Å². The number of nitrogens with zero attached hydrogens (tertiary/aromatic N) is 2. The lowest BCUT2D eigenvalue weighted by Crippen LogP contribution is -2.44. The van der Waals surface area contributed by atoms with Gasteiger partial charge in [-0.05, 0) is 45.7 Å². The molecule has 0 aliphatic carbocycles. The topological polar surface area (TPSA) is 54.5 Å². The molecule has 1 amide bonds. The third-order valence-corrected chi connectivity index (χ3v) is 3.59. The van der Waals surface area contributed by atoms with Crippen molar-refractivity contribution in [2.24, 2.45) is 0 Å². The number of alkyl halides is 3. The van der Waals surface area contributed by atoms with Crippen LogP contribution < -0.4 is 5.32 Å². The van der Waals surface area contributed by atoms with E-state index in [1.807, 2.05) is 20.8 Å². The van der Waals surface area contributed by atoms with Gasteiger partial charge in [-0.2, -0.15) is 13.2 Å². The van der Waals surface area contributed by atoms with Crippen molar-refractivity contribution < 1.29 is 22.7 Å². The SMILES string of the molecule is CC(C)(C)OC(=O)N1CCC(Nc2ccc(C(F)(F)F)cn2)CC1. The van der Waals surface area contributed by atoms with Crippen LogP contribution in [0.15, 0.2) is 18.3 Å². The first-order valence-corrected chi connectivity index (χ1v) is 7.82. The summed E-state index contributed by atoms with van der Waals surface area (Å²) >= 11 is 0. The normalized spacial score (nSPS) is 16.8. The Morgan fingerprint density at radius 3 is 2.33 bits per heavy atom. The molecule has 24 heavy (non-hydrogen) atoms. The van der Waals surface area contributed by atoms with E-state index < -0.39 is 17.3 Å². The number of hydrogen-bond donors (Lipinski definition) is 1. The lowest BCUT2D eigenvalue weighted by atomic mass is 10.1. The zero-order chi connectivity index (χ0) is 18.0. The maximum absolute atomic E-state index is 12.5. The summed E-state index contributed by atoms with van der Waals surface area (Å²) in [6.07, 6.45) is -2.54. The average Bonchev–Trinajstić information content (AvgIpc) is 2.46. The van der Waals surface area contributed by atoms with Crippen LogP contribution in [0.1, 0.15) is 39.2 Å². The number of piperidine rings is 1. The Morgan fingerprint density at radius 2 is 1.88 bits per heavy atom. The Hall–Kier alpha value is -1.99. The van der Waals surface area contributed by atoms with E-state index in [0.29, 0.717) is 31.7 Å². The lowest BCUT2D eigenvalue weighted by Gasteiger charge is -2.33. The van der Waals surface area contributed by atoms with Gasteiger partial charge in [-0.15, -0.1) is 0 Å². The predicted octanol–water partition coefficient (Wildman–Crippen LogP) is 3.91. The molecule has 0 radical (unpaired) electrons. The van der Waals surface area contributed by atoms with Gasteiger partial charge in [0.15, 0.2) is 0 Å². The maximum Gasteiger partial charge on any atom is 0.417 e. The number of ether oxygens (including phenoxy) is 1. The molecule has 0 atom stereocenters. The summed E-state index contributed by atoms with van der Waals surface area (Å²) in [5, 5.41) is 3.11. The van der Waals surface area contributed by atoms with E-state index in [2.05, 4.69) is 10.3 Å². The van der Waals surface area contributed by atoms with Crippen molar-refractivity contribution in [1.29, 1.82) is 0 Å². The second-order valence-corrected chi connectivity index (χ2v) is 6.82. The molecule has 0 bridgehead atoms. The molecule has 1 fully saturated rings. The molecule has 0 aromatic carbocycles. The van der Waals surface area contributed by atoms with Crippen molar-refractivity contribution in [3.05, 3.63) is 23.9 Å². The van der Waals surface area contributed by atoms with E-state index in [1.165, 1.54) is 6.07 Å². The minimum Gasteiger partial charge on any atom is -0.444 e. The number of anilines is 1. The number of halogens is 3. The van der Waals surface area contributed by atoms with Gasteiger partial charge in [-0.25, -0.2) is 9.78 Å². The summed E-state index contributed by atoms with van der Waals surface area (Å²) in [6, 6.07) is 2.39. The van der Waals surface area contributed by atoms with Crippen molar-refractivity contribution >= 4 is 11.9 Å². The first-order chi connectivity index (χ1) is 11.0. The molecule has 1 saturated heterocycles. The highest BCUT2D eigenvalue weighted by Gasteiger charge is 2.31. The number of carbonyl (C=O) groups excluding carboxylic acids is 1. The fraction of sp³-hybridized carbons (Fsp3) is 0.625. The lowest BCUT2D eigenvalue weighted by molar-refractivity contribution is -0.137. The highest BCUT2D eigenvalue weighted by atomic mass is 19.4. The molecule has 1 aromatic heterocycles. The minimum absolute atomic E-state index is 0.0629. The van der Waals surface area contributed by atoms with Gasteiger partial charge in [-0.1, -0.05) is 0 Å². The average molecular weight is 345 g/mol. The number of amides is 1. The zero-order valence-electron chi connectivity index (χ0n) is 14.0. The van der Waals surface area contributed by atoms with E-state index in [9.17, 15) is 18.0 Å². The van der Waals surface area contributed by atoms with Crippen molar-refractivity contribution in [3.8, 4) is 0 Å². The number of carbonyl (C=O) groups is 1. The molecule has 0 spiro atoms. The number of hydrogen-bond acceptors (Lipinski definition) is 4. The Bertz CT molecular complexity index is 559. The monoisotopic (exact) mass is 345 g/mol. The fourth-order valence-electron chi connectivity index (χ4n) is 2.39. The predicted molar refractivity (Wildman–Crippen MR) is 83.7 cm³/mol. The highest BCUT2D eigenvalue weighted by Crippen LogP contribution is 2.29. The first-order valence-electron chi connectivity index (χ1n) is 7.82. The van der Waals surface area contributed by atoms with E-state index in [4.69, 9.17) is 4.74 Å². The van der Waals surface area contributed by atoms with Crippen LogP contribution in [0.25, 0.3) is 0 Å². The van der Waals surface area contributed by atoms with Gasteiger partial charge in [0, 0.05) is 25.3 Å². The maximum atomic E-state index is 12.5. The summed E-state index contributed by atoms with van der Waals surface area (Å²) in [5.74, 6) is 0.402. The molecule has 1 aromatic rings. The van der Waals surface area contributed by atoms with E-state index in [0.717, 1.165) is 12.3 Å². The van der Waals surface area contributed by atoms with Crippen LogP contribution >= 0.6 is 0 Å². The molecule has 5 nitrogen and oxygen atoms in total. The minimum atomic E-state index is -4.38. The van der Waals surface area contributed by atoms with Crippen LogP contribution in [0.4, 0.5) is 23.8 Å². The van der Waals surface area contributed by atoms with Crippen LogP contribution in [-0.4, -0.2) is 40.7 Å². The molecule has 1 aliphatic rings. The zero-order valence-corrected chi connectivity index (χ0v) is 14.0. The molecule has 8 heteroatoms. The van der Waals surface area contributed by atoms with Gasteiger partial charge in [0.2, 0.25) is 0 Å². The van der Waals surface area contributed by atoms with Gasteiger partial charge in [0.05, 0.1) is 5.56 Å². The number of pyridine rings is 1. The number of nitrogens with one attached hydrogen (secondary N) is 1. The summed E-state index contributed by atoms with van der Waals surface area (Å²) in [6.45, 7) is 6.51. The third kappa shape index (κ3) is 5.28. The van der Waals surface area contributed by atoms with Gasteiger partial charge >= 0.3 is 12.3 Å². The van der Waals surface area contributed by atoms with E-state index in [1.54, 1.807) is 4.90 Å². The van der Waals surface area contributed by atoms with Gasteiger partial charge in [0.25, 0.3) is 0 Å². The second kappa shape index (κ2) is 6.86. The van der Waals surface area contributed by atoms with E-state index in [-0.39, 0.29) is 12.1 Å². The Morgan fingerprint density at radius 1 is 1.25 bits per heavy atom. The smallest absolute Gasteiger partial charge is 0.417 e. The van der Waals surface area contributed by atoms with Crippen LogP contribution in [0, 0.1) is 0 Å². The molecular formula is C16H22F3N3O2. The molecule has 2 heterocycles. The quantitative estimate of drug-likeness (QED) is 0.883. The summed E-state index contributed by atoms with van der Waals surface area (Å²) in [4.78, 5) is 17.4. The molecule has 2 rings (SSSR count). The number of likely N-dealkylation sites (tertiary alicyclic amines) is 1. The van der Waals surface area contributed by atoms with E-state index >= 15 is 0 Å². The Labute approximate surface area is 139 Å². The van der Waals surface area contributed by atoms with Crippen molar-refractivity contribution in [3.63, 3.8) is 0 Å². The molecule has 0 unspecified atom stereocenters. The molecule has 0 saturated carbocycles. The molecule has 1 N–H and O–H groups in total. The van der Waals surface area contributed by atoms with Crippen molar-refractivity contribution in [1.82, 2.24) is 9.88 Å². The van der Waals surface area contributed by atoms with Crippen LogP contribution in [0.2, 0.25) is 0 Å². The summed E-state index contributed by atoms with van der Waals surface area (Å²) in [7, 11) is 0. The van der Waals surface area contributed by atoms with Gasteiger partial charge in [0.1, 0.15) is 11.4 Å². The van der Waals surface area contributed by atoms with Crippen molar-refractivity contribution in [2.45, 2.75) is 51.4 Å². The second-order valence-electron chi connectivity index (χ2n) is 6.82. The molecule has 134 valence electrons. The first kappa shape index (κ1) is 18.4. The number of aromatic nitrogens is 1. The molecular weight excluding hydrogens is 323 g/mol.